The standard InChI is InChI=1S/C16H22ClNO/c1-11-7-12-8-13(9-14(17)15(12)19-11)16(10-18)5-3-2-4-6-16/h8-9,11H,2-7,10,18H2,1H3. The summed E-state index contributed by atoms with van der Waals surface area (Å²) in [7, 11) is 0. The largest absolute Gasteiger partial charge is 0.489 e. The van der Waals surface area contributed by atoms with Crippen molar-refractivity contribution in [3.63, 3.8) is 0 Å². The van der Waals surface area contributed by atoms with Gasteiger partial charge in [-0.1, -0.05) is 36.9 Å². The molecular weight excluding hydrogens is 258 g/mol. The van der Waals surface area contributed by atoms with Crippen molar-refractivity contribution in [2.45, 2.75) is 57.0 Å². The van der Waals surface area contributed by atoms with Crippen molar-refractivity contribution in [2.24, 2.45) is 5.73 Å². The van der Waals surface area contributed by atoms with Crippen LogP contribution < -0.4 is 10.5 Å². The van der Waals surface area contributed by atoms with E-state index in [1.165, 1.54) is 43.2 Å². The third-order valence-electron chi connectivity index (χ3n) is 4.76. The molecular formula is C16H22ClNO. The number of halogens is 1. The van der Waals surface area contributed by atoms with Crippen LogP contribution in [0.25, 0.3) is 0 Å². The number of nitrogens with two attached hydrogens (primary N) is 1. The predicted octanol–water partition coefficient (Wildman–Crippen LogP) is 3.82. The van der Waals surface area contributed by atoms with E-state index in [2.05, 4.69) is 19.1 Å². The quantitative estimate of drug-likeness (QED) is 0.893. The minimum atomic E-state index is 0.142. The van der Waals surface area contributed by atoms with Crippen LogP contribution >= 0.6 is 11.6 Å². The number of ether oxygens (including phenoxy) is 1. The summed E-state index contributed by atoms with van der Waals surface area (Å²) in [5.74, 6) is 0.890. The van der Waals surface area contributed by atoms with Crippen LogP contribution in [0.1, 0.15) is 50.2 Å². The molecule has 3 heteroatoms. The smallest absolute Gasteiger partial charge is 0.141 e. The van der Waals surface area contributed by atoms with Crippen molar-refractivity contribution in [3.8, 4) is 5.75 Å². The molecule has 0 amide bonds. The van der Waals surface area contributed by atoms with E-state index in [0.29, 0.717) is 0 Å². The molecule has 0 saturated heterocycles. The molecule has 19 heavy (non-hydrogen) atoms. The summed E-state index contributed by atoms with van der Waals surface area (Å²) in [5.41, 5.74) is 8.85. The molecule has 1 heterocycles. The molecule has 1 aliphatic heterocycles. The van der Waals surface area contributed by atoms with Gasteiger partial charge in [0.15, 0.2) is 0 Å². The molecule has 2 aliphatic rings. The van der Waals surface area contributed by atoms with Gasteiger partial charge in [0.2, 0.25) is 0 Å². The van der Waals surface area contributed by atoms with Crippen LogP contribution in [-0.4, -0.2) is 12.6 Å². The van der Waals surface area contributed by atoms with Crippen molar-refractivity contribution in [1.82, 2.24) is 0 Å². The minimum Gasteiger partial charge on any atom is -0.489 e. The molecule has 1 atom stereocenters. The summed E-state index contributed by atoms with van der Waals surface area (Å²) >= 11 is 6.41. The highest BCUT2D eigenvalue weighted by Crippen LogP contribution is 2.44. The minimum absolute atomic E-state index is 0.142. The van der Waals surface area contributed by atoms with Gasteiger partial charge in [-0.3, -0.25) is 0 Å². The highest BCUT2D eigenvalue weighted by molar-refractivity contribution is 6.32. The van der Waals surface area contributed by atoms with E-state index in [4.69, 9.17) is 22.1 Å². The Hall–Kier alpha value is -0.730. The molecule has 1 aliphatic carbocycles. The summed E-state index contributed by atoms with van der Waals surface area (Å²) in [6, 6.07) is 4.39. The highest BCUT2D eigenvalue weighted by atomic mass is 35.5. The zero-order valence-corrected chi connectivity index (χ0v) is 12.3. The molecule has 1 aromatic rings. The van der Waals surface area contributed by atoms with E-state index in [0.717, 1.165) is 23.7 Å². The Morgan fingerprint density at radius 3 is 2.74 bits per heavy atom. The highest BCUT2D eigenvalue weighted by Gasteiger charge is 2.34. The van der Waals surface area contributed by atoms with Crippen molar-refractivity contribution < 1.29 is 4.74 Å². The Kier molecular flexibility index (Phi) is 3.48. The van der Waals surface area contributed by atoms with E-state index < -0.39 is 0 Å². The van der Waals surface area contributed by atoms with E-state index in [1.54, 1.807) is 0 Å². The van der Waals surface area contributed by atoms with Gasteiger partial charge in [-0.25, -0.2) is 0 Å². The number of hydrogen-bond acceptors (Lipinski definition) is 2. The summed E-state index contributed by atoms with van der Waals surface area (Å²) in [6.45, 7) is 2.81. The van der Waals surface area contributed by atoms with Gasteiger partial charge < -0.3 is 10.5 Å². The lowest BCUT2D eigenvalue weighted by molar-refractivity contribution is 0.254. The summed E-state index contributed by atoms with van der Waals surface area (Å²) in [6.07, 6.45) is 7.47. The lowest BCUT2D eigenvalue weighted by atomic mass is 9.69. The second-order valence-electron chi connectivity index (χ2n) is 6.12. The zero-order chi connectivity index (χ0) is 13.5. The van der Waals surface area contributed by atoms with Crippen LogP contribution in [-0.2, 0) is 11.8 Å². The maximum absolute atomic E-state index is 6.41. The van der Waals surface area contributed by atoms with Crippen molar-refractivity contribution in [3.05, 3.63) is 28.3 Å². The first-order valence-corrected chi connectivity index (χ1v) is 7.72. The molecule has 104 valence electrons. The normalized spacial score (nSPS) is 24.9. The first-order chi connectivity index (χ1) is 9.14. The van der Waals surface area contributed by atoms with E-state index >= 15 is 0 Å². The Balaban J connectivity index is 2.01. The first kappa shape index (κ1) is 13.3. The lowest BCUT2D eigenvalue weighted by Crippen LogP contribution is -2.37. The van der Waals surface area contributed by atoms with E-state index in [1.807, 2.05) is 0 Å². The van der Waals surface area contributed by atoms with Gasteiger partial charge in [0, 0.05) is 18.4 Å². The SMILES string of the molecule is CC1Cc2cc(C3(CN)CCCCC3)cc(Cl)c2O1. The van der Waals surface area contributed by atoms with Gasteiger partial charge in [0.25, 0.3) is 0 Å². The van der Waals surface area contributed by atoms with Crippen molar-refractivity contribution >= 4 is 11.6 Å². The van der Waals surface area contributed by atoms with Crippen LogP contribution in [0.2, 0.25) is 5.02 Å². The Bertz CT molecular complexity index is 480. The average molecular weight is 280 g/mol. The van der Waals surface area contributed by atoms with Crippen LogP contribution in [0.5, 0.6) is 5.75 Å². The average Bonchev–Trinajstić information content (AvgIpc) is 2.80. The summed E-state index contributed by atoms with van der Waals surface area (Å²) in [5, 5.41) is 0.759. The molecule has 2 N–H and O–H groups in total. The number of rotatable bonds is 2. The fourth-order valence-electron chi connectivity index (χ4n) is 3.63. The molecule has 0 aromatic heterocycles. The third-order valence-corrected chi connectivity index (χ3v) is 5.04. The van der Waals surface area contributed by atoms with E-state index in [9.17, 15) is 0 Å². The van der Waals surface area contributed by atoms with Crippen molar-refractivity contribution in [1.29, 1.82) is 0 Å². The predicted molar refractivity (Wildman–Crippen MR) is 79.1 cm³/mol. The number of benzene rings is 1. The Morgan fingerprint density at radius 1 is 1.32 bits per heavy atom. The molecule has 1 aromatic carbocycles. The van der Waals surface area contributed by atoms with Crippen LogP contribution in [0, 0.1) is 0 Å². The summed E-state index contributed by atoms with van der Waals surface area (Å²) in [4.78, 5) is 0. The topological polar surface area (TPSA) is 35.2 Å². The zero-order valence-electron chi connectivity index (χ0n) is 11.5. The second-order valence-corrected chi connectivity index (χ2v) is 6.53. The van der Waals surface area contributed by atoms with Crippen LogP contribution in [0.15, 0.2) is 12.1 Å². The lowest BCUT2D eigenvalue weighted by Gasteiger charge is -2.37. The maximum Gasteiger partial charge on any atom is 0.141 e. The molecule has 1 unspecified atom stereocenters. The van der Waals surface area contributed by atoms with Crippen molar-refractivity contribution in [2.75, 3.05) is 6.54 Å². The van der Waals surface area contributed by atoms with E-state index in [-0.39, 0.29) is 11.5 Å². The fraction of sp³-hybridized carbons (Fsp3) is 0.625. The van der Waals surface area contributed by atoms with Gasteiger partial charge >= 0.3 is 0 Å². The molecule has 0 bridgehead atoms. The number of hydrogen-bond donors (Lipinski definition) is 1. The monoisotopic (exact) mass is 279 g/mol. The maximum atomic E-state index is 6.41. The van der Waals surface area contributed by atoms with Gasteiger partial charge in [-0.2, -0.15) is 0 Å². The van der Waals surface area contributed by atoms with Gasteiger partial charge in [0.1, 0.15) is 11.9 Å². The first-order valence-electron chi connectivity index (χ1n) is 7.34. The molecule has 0 spiro atoms. The number of fused-ring (bicyclic) bond motifs is 1. The fourth-order valence-corrected chi connectivity index (χ4v) is 3.92. The Morgan fingerprint density at radius 2 is 2.05 bits per heavy atom. The molecule has 3 rings (SSSR count). The van der Waals surface area contributed by atoms with Gasteiger partial charge in [0.05, 0.1) is 5.02 Å². The summed E-state index contributed by atoms with van der Waals surface area (Å²) < 4.78 is 5.78. The molecule has 1 saturated carbocycles. The van der Waals surface area contributed by atoms with Crippen LogP contribution in [0.3, 0.4) is 0 Å². The molecule has 0 radical (unpaired) electrons. The second kappa shape index (κ2) is 4.99. The molecule has 2 nitrogen and oxygen atoms in total. The van der Waals surface area contributed by atoms with Crippen LogP contribution in [0.4, 0.5) is 0 Å². The van der Waals surface area contributed by atoms with Gasteiger partial charge in [-0.05, 0) is 37.0 Å². The molecule has 1 fully saturated rings. The Labute approximate surface area is 120 Å². The van der Waals surface area contributed by atoms with Gasteiger partial charge in [-0.15, -0.1) is 0 Å². The third kappa shape index (κ3) is 2.25.